The van der Waals surface area contributed by atoms with Gasteiger partial charge >= 0.3 is 12.4 Å². The first kappa shape index (κ1) is 29.9. The molecule has 1 N–H and O–H groups in total. The average molecular weight is 616 g/mol. The molecule has 44 heavy (non-hydrogen) atoms. The smallest absolute Gasteiger partial charge is 0.416 e. The van der Waals surface area contributed by atoms with Gasteiger partial charge in [0.1, 0.15) is 5.75 Å². The van der Waals surface area contributed by atoms with Crippen molar-refractivity contribution in [2.75, 3.05) is 25.5 Å². The minimum atomic E-state index is -5.08. The molecular formula is C32H27F6N3O3. The molecule has 3 aliphatic heterocycles. The molecular weight excluding hydrogens is 588 g/mol. The van der Waals surface area contributed by atoms with Crippen LogP contribution < -0.4 is 20.9 Å². The molecule has 5 atom stereocenters. The molecule has 0 spiro atoms. The predicted molar refractivity (Wildman–Crippen MR) is 153 cm³/mol. The van der Waals surface area contributed by atoms with Gasteiger partial charge < -0.3 is 10.1 Å². The van der Waals surface area contributed by atoms with E-state index in [9.17, 15) is 35.9 Å². The van der Waals surface area contributed by atoms with E-state index in [-0.39, 0.29) is 35.2 Å². The summed E-state index contributed by atoms with van der Waals surface area (Å²) in [5.41, 5.74) is -4.57. The molecule has 3 unspecified atom stereocenters. The van der Waals surface area contributed by atoms with E-state index in [0.29, 0.717) is 47.3 Å². The first-order chi connectivity index (χ1) is 20.8. The second-order valence-electron chi connectivity index (χ2n) is 11.4. The standard InChI is InChI=1S/C32H27F6N3O3/c1-3-16-15-41-9-7-17(16)10-25(41)26(22-6-8-39-24-5-4-21(44-2)14-23(22)24)27-28(30(43)29(27)42)40-20-12-18(31(33,34)35)11-19(13-20)32(36,37)38/h3-6,8,11-14,16-17,25-26,40H,1,7,9-10,15H2,2H3/t16?,17?,25-,26+/m1/s1. The molecule has 12 heteroatoms. The average Bonchev–Trinajstić information content (AvgIpc) is 3.01. The van der Waals surface area contributed by atoms with Gasteiger partial charge in [-0.25, -0.2) is 0 Å². The van der Waals surface area contributed by atoms with Crippen LogP contribution in [0.1, 0.15) is 41.0 Å². The maximum absolute atomic E-state index is 13.6. The third kappa shape index (κ3) is 5.14. The van der Waals surface area contributed by atoms with Gasteiger partial charge in [0.2, 0.25) is 10.9 Å². The number of alkyl halides is 6. The number of methoxy groups -OCH3 is 1. The van der Waals surface area contributed by atoms with Crippen LogP contribution in [0, 0.1) is 11.8 Å². The van der Waals surface area contributed by atoms with Crippen molar-refractivity contribution in [1.82, 2.24) is 9.88 Å². The highest BCUT2D eigenvalue weighted by Crippen LogP contribution is 2.47. The third-order valence-corrected chi connectivity index (χ3v) is 8.97. The van der Waals surface area contributed by atoms with Crippen LogP contribution in [0.3, 0.4) is 0 Å². The Balaban J connectivity index is 1.52. The van der Waals surface area contributed by atoms with Crippen LogP contribution in [0.15, 0.2) is 70.9 Å². The summed E-state index contributed by atoms with van der Waals surface area (Å²) in [6.45, 7) is 5.35. The number of fused-ring (bicyclic) bond motifs is 4. The Kier molecular flexibility index (Phi) is 7.30. The summed E-state index contributed by atoms with van der Waals surface area (Å²) in [6.07, 6.45) is -5.13. The summed E-state index contributed by atoms with van der Waals surface area (Å²) in [7, 11) is 1.50. The van der Waals surface area contributed by atoms with Crippen LogP contribution in [0.5, 0.6) is 5.75 Å². The number of aromatic nitrogens is 1. The van der Waals surface area contributed by atoms with Gasteiger partial charge in [-0.3, -0.25) is 19.5 Å². The number of piperidine rings is 3. The lowest BCUT2D eigenvalue weighted by atomic mass is 9.68. The number of hydrogen-bond acceptors (Lipinski definition) is 6. The van der Waals surface area contributed by atoms with Gasteiger partial charge in [0.05, 0.1) is 29.4 Å². The maximum atomic E-state index is 13.6. The van der Waals surface area contributed by atoms with Crippen LogP contribution in [0.25, 0.3) is 10.9 Å². The van der Waals surface area contributed by atoms with Gasteiger partial charge in [0.15, 0.2) is 0 Å². The largest absolute Gasteiger partial charge is 0.497 e. The fourth-order valence-electron chi connectivity index (χ4n) is 6.83. The molecule has 230 valence electrons. The maximum Gasteiger partial charge on any atom is 0.416 e. The third-order valence-electron chi connectivity index (χ3n) is 8.97. The minimum absolute atomic E-state index is 0.00951. The Labute approximate surface area is 247 Å². The Morgan fingerprint density at radius 3 is 2.32 bits per heavy atom. The molecule has 2 bridgehead atoms. The Morgan fingerprint density at radius 2 is 1.73 bits per heavy atom. The van der Waals surface area contributed by atoms with Crippen molar-refractivity contribution in [3.05, 3.63) is 104 Å². The summed E-state index contributed by atoms with van der Waals surface area (Å²) in [6, 6.07) is 7.69. The summed E-state index contributed by atoms with van der Waals surface area (Å²) in [5.74, 6) is 0.274. The van der Waals surface area contributed by atoms with Crippen molar-refractivity contribution < 1.29 is 31.1 Å². The summed E-state index contributed by atoms with van der Waals surface area (Å²) < 4.78 is 86.9. The zero-order valence-corrected chi connectivity index (χ0v) is 23.4. The molecule has 4 aromatic rings. The van der Waals surface area contributed by atoms with Crippen molar-refractivity contribution in [2.45, 2.75) is 37.2 Å². The van der Waals surface area contributed by atoms with Crippen LogP contribution in [0.2, 0.25) is 0 Å². The van der Waals surface area contributed by atoms with Gasteiger partial charge in [0.25, 0.3) is 0 Å². The van der Waals surface area contributed by atoms with E-state index in [1.54, 1.807) is 30.5 Å². The number of anilines is 2. The van der Waals surface area contributed by atoms with E-state index < -0.39 is 45.9 Å². The lowest BCUT2D eigenvalue weighted by Crippen LogP contribution is -2.56. The van der Waals surface area contributed by atoms with Crippen molar-refractivity contribution in [3.63, 3.8) is 0 Å². The molecule has 3 aromatic carbocycles. The quantitative estimate of drug-likeness (QED) is 0.143. The first-order valence-corrected chi connectivity index (χ1v) is 14.0. The lowest BCUT2D eigenvalue weighted by molar-refractivity contribution is -0.143. The minimum Gasteiger partial charge on any atom is -0.497 e. The fourth-order valence-corrected chi connectivity index (χ4v) is 6.83. The second-order valence-corrected chi connectivity index (χ2v) is 11.4. The van der Waals surface area contributed by atoms with Crippen LogP contribution >= 0.6 is 0 Å². The highest BCUT2D eigenvalue weighted by molar-refractivity contribution is 5.85. The van der Waals surface area contributed by atoms with Gasteiger partial charge in [0, 0.05) is 41.3 Å². The number of pyridine rings is 1. The first-order valence-electron chi connectivity index (χ1n) is 14.0. The molecule has 0 aliphatic carbocycles. The Hall–Kier alpha value is -4.19. The van der Waals surface area contributed by atoms with Gasteiger partial charge in [-0.15, -0.1) is 6.58 Å². The van der Waals surface area contributed by atoms with E-state index in [1.807, 2.05) is 6.08 Å². The van der Waals surface area contributed by atoms with Gasteiger partial charge in [-0.2, -0.15) is 26.3 Å². The molecule has 1 aromatic heterocycles. The molecule has 0 saturated carbocycles. The molecule has 0 amide bonds. The zero-order chi connectivity index (χ0) is 31.6. The SMILES string of the molecule is C=CC1CN2CCC1C[C@@H]2[C@@H](c1c(Nc2cc(C(F)(F)F)cc(C(F)(F)F)c2)c(=O)c1=O)c1ccnc2ccc(OC)cc12. The highest BCUT2D eigenvalue weighted by Gasteiger charge is 2.46. The number of nitrogens with zero attached hydrogens (tertiary/aromatic N) is 2. The number of rotatable bonds is 7. The van der Waals surface area contributed by atoms with E-state index in [0.717, 1.165) is 13.0 Å². The number of ether oxygens (including phenoxy) is 1. The Morgan fingerprint density at radius 1 is 1.02 bits per heavy atom. The molecule has 3 fully saturated rings. The number of nitrogens with one attached hydrogen (secondary N) is 1. The van der Waals surface area contributed by atoms with Crippen molar-refractivity contribution >= 4 is 22.3 Å². The molecule has 6 nitrogen and oxygen atoms in total. The summed E-state index contributed by atoms with van der Waals surface area (Å²) >= 11 is 0. The number of hydrogen-bond donors (Lipinski definition) is 1. The molecule has 3 saturated heterocycles. The van der Waals surface area contributed by atoms with Crippen LogP contribution in [-0.2, 0) is 12.4 Å². The number of benzene rings is 2. The molecule has 0 radical (unpaired) electrons. The molecule has 7 rings (SSSR count). The normalized spacial score (nSPS) is 22.7. The fraction of sp³-hybridized carbons (Fsp3) is 0.344. The van der Waals surface area contributed by atoms with Crippen molar-refractivity contribution in [3.8, 4) is 5.75 Å². The molecule has 3 aliphatic rings. The lowest BCUT2D eigenvalue weighted by Gasteiger charge is -2.52. The van der Waals surface area contributed by atoms with E-state index >= 15 is 0 Å². The van der Waals surface area contributed by atoms with E-state index in [2.05, 4.69) is 21.8 Å². The van der Waals surface area contributed by atoms with Crippen molar-refractivity contribution in [1.29, 1.82) is 0 Å². The molecule has 4 heterocycles. The number of halogens is 6. The monoisotopic (exact) mass is 615 g/mol. The topological polar surface area (TPSA) is 71.5 Å². The van der Waals surface area contributed by atoms with Crippen LogP contribution in [0.4, 0.5) is 37.7 Å². The summed E-state index contributed by atoms with van der Waals surface area (Å²) in [4.78, 5) is 33.0. The zero-order valence-electron chi connectivity index (χ0n) is 23.4. The summed E-state index contributed by atoms with van der Waals surface area (Å²) in [5, 5.41) is 3.14. The van der Waals surface area contributed by atoms with Crippen LogP contribution in [-0.4, -0.2) is 36.1 Å². The van der Waals surface area contributed by atoms with Crippen molar-refractivity contribution in [2.24, 2.45) is 11.8 Å². The van der Waals surface area contributed by atoms with Gasteiger partial charge in [-0.05, 0) is 79.3 Å². The van der Waals surface area contributed by atoms with E-state index in [4.69, 9.17) is 4.74 Å². The van der Waals surface area contributed by atoms with E-state index in [1.165, 1.54) is 7.11 Å². The second kappa shape index (κ2) is 10.8. The Bertz CT molecular complexity index is 1790. The van der Waals surface area contributed by atoms with Gasteiger partial charge in [-0.1, -0.05) is 6.08 Å². The highest BCUT2D eigenvalue weighted by atomic mass is 19.4. The predicted octanol–water partition coefficient (Wildman–Crippen LogP) is 6.65.